The molecule has 3 aromatic rings. The van der Waals surface area contributed by atoms with E-state index in [1.807, 2.05) is 60.7 Å². The average Bonchev–Trinajstić information content (AvgIpc) is 3.03. The summed E-state index contributed by atoms with van der Waals surface area (Å²) in [6.45, 7) is 0.525. The van der Waals surface area contributed by atoms with Crippen LogP contribution in [0.3, 0.4) is 0 Å². The molecule has 0 radical (unpaired) electrons. The van der Waals surface area contributed by atoms with E-state index >= 15 is 0 Å². The monoisotopic (exact) mass is 607 g/mol. The third kappa shape index (κ3) is 10.4. The van der Waals surface area contributed by atoms with E-state index in [1.54, 1.807) is 23.9 Å². The second kappa shape index (κ2) is 17.0. The molecule has 0 saturated carbocycles. The number of carbonyl (C=O) groups is 2. The zero-order chi connectivity index (χ0) is 30.4. The molecule has 1 aliphatic rings. The Kier molecular flexibility index (Phi) is 12.9. The highest BCUT2D eigenvalue weighted by molar-refractivity contribution is 7.99. The Hall–Kier alpha value is -3.41. The van der Waals surface area contributed by atoms with Crippen molar-refractivity contribution in [3.8, 4) is 0 Å². The molecule has 1 saturated heterocycles. The number of carbonyl (C=O) groups excluding carboxylic acids is 2. The van der Waals surface area contributed by atoms with Crippen LogP contribution in [0, 0.1) is 0 Å². The zero-order valence-electron chi connectivity index (χ0n) is 24.2. The van der Waals surface area contributed by atoms with Crippen LogP contribution in [0.4, 0.5) is 11.4 Å². The molecule has 3 aromatic carbocycles. The van der Waals surface area contributed by atoms with Crippen molar-refractivity contribution >= 4 is 35.0 Å². The number of anilines is 2. The number of amides is 2. The van der Waals surface area contributed by atoms with Crippen LogP contribution in [0.15, 0.2) is 72.8 Å². The van der Waals surface area contributed by atoms with Crippen molar-refractivity contribution in [2.45, 2.75) is 63.8 Å². The van der Waals surface area contributed by atoms with Gasteiger partial charge in [0, 0.05) is 42.9 Å². The van der Waals surface area contributed by atoms with Crippen molar-refractivity contribution in [2.75, 3.05) is 29.2 Å². The van der Waals surface area contributed by atoms with Gasteiger partial charge in [0.05, 0.1) is 36.8 Å². The summed E-state index contributed by atoms with van der Waals surface area (Å²) in [4.78, 5) is 24.5. The molecule has 6 N–H and O–H groups in total. The summed E-state index contributed by atoms with van der Waals surface area (Å²) in [5, 5.41) is 24.3. The highest BCUT2D eigenvalue weighted by Crippen LogP contribution is 2.38. The van der Waals surface area contributed by atoms with Crippen molar-refractivity contribution in [1.29, 1.82) is 0 Å². The first kappa shape index (κ1) is 32.5. The lowest BCUT2D eigenvalue weighted by Gasteiger charge is -2.36. The van der Waals surface area contributed by atoms with Crippen LogP contribution >= 0.6 is 11.8 Å². The van der Waals surface area contributed by atoms with Crippen molar-refractivity contribution in [2.24, 2.45) is 0 Å². The van der Waals surface area contributed by atoms with Gasteiger partial charge in [0.1, 0.15) is 0 Å². The second-order valence-corrected chi connectivity index (χ2v) is 11.7. The normalized spacial score (nSPS) is 18.2. The van der Waals surface area contributed by atoms with Crippen LogP contribution in [0.5, 0.6) is 0 Å². The van der Waals surface area contributed by atoms with E-state index in [0.717, 1.165) is 28.0 Å². The van der Waals surface area contributed by atoms with Crippen LogP contribution in [-0.2, 0) is 32.2 Å². The molecule has 43 heavy (non-hydrogen) atoms. The molecule has 0 aromatic heterocycles. The number of hydrogen-bond acceptors (Lipinski definition) is 8. The SMILES string of the molecule is Nc1ccccc1NC(=O)CCCCC(=O)NCc1ccc(C2OC(CSCCO)CC(c3ccc(CO)cc3)O2)cc1. The van der Waals surface area contributed by atoms with Gasteiger partial charge in [-0.2, -0.15) is 11.8 Å². The predicted octanol–water partition coefficient (Wildman–Crippen LogP) is 4.85. The molecule has 0 spiro atoms. The summed E-state index contributed by atoms with van der Waals surface area (Å²) in [7, 11) is 0. The second-order valence-electron chi connectivity index (χ2n) is 10.5. The molecule has 3 atom stereocenters. The maximum atomic E-state index is 12.4. The quantitative estimate of drug-likeness (QED) is 0.122. The molecule has 230 valence electrons. The molecule has 0 bridgehead atoms. The maximum absolute atomic E-state index is 12.4. The van der Waals surface area contributed by atoms with Gasteiger partial charge in [0.15, 0.2) is 6.29 Å². The summed E-state index contributed by atoms with van der Waals surface area (Å²) in [5.41, 5.74) is 10.7. The fourth-order valence-electron chi connectivity index (χ4n) is 4.78. The van der Waals surface area contributed by atoms with E-state index < -0.39 is 6.29 Å². The minimum Gasteiger partial charge on any atom is -0.397 e. The molecular weight excluding hydrogens is 566 g/mol. The molecule has 1 aliphatic heterocycles. The van der Waals surface area contributed by atoms with Crippen LogP contribution in [0.25, 0.3) is 0 Å². The van der Waals surface area contributed by atoms with Gasteiger partial charge in [-0.3, -0.25) is 9.59 Å². The summed E-state index contributed by atoms with van der Waals surface area (Å²) >= 11 is 1.65. The van der Waals surface area contributed by atoms with Gasteiger partial charge in [-0.1, -0.05) is 60.7 Å². The topological polar surface area (TPSA) is 143 Å². The number of unbranched alkanes of at least 4 members (excludes halogenated alkanes) is 1. The molecule has 4 rings (SSSR count). The third-order valence-electron chi connectivity index (χ3n) is 7.19. The maximum Gasteiger partial charge on any atom is 0.224 e. The minimum atomic E-state index is -0.546. The number of benzene rings is 3. The Bertz CT molecular complexity index is 1300. The van der Waals surface area contributed by atoms with Crippen molar-refractivity contribution in [3.63, 3.8) is 0 Å². The molecule has 1 heterocycles. The lowest BCUT2D eigenvalue weighted by atomic mass is 10.0. The van der Waals surface area contributed by atoms with Gasteiger partial charge >= 0.3 is 0 Å². The van der Waals surface area contributed by atoms with Gasteiger partial charge in [-0.25, -0.2) is 0 Å². The summed E-state index contributed by atoms with van der Waals surface area (Å²) in [5.74, 6) is 1.22. The number of nitrogens with two attached hydrogens (primary N) is 1. The first-order chi connectivity index (χ1) is 20.9. The Morgan fingerprint density at radius 2 is 1.53 bits per heavy atom. The average molecular weight is 608 g/mol. The van der Waals surface area contributed by atoms with Crippen molar-refractivity contribution < 1.29 is 29.3 Å². The number of ether oxygens (including phenoxy) is 2. The number of nitrogens with one attached hydrogen (secondary N) is 2. The van der Waals surface area contributed by atoms with Gasteiger partial charge in [-0.15, -0.1) is 0 Å². The zero-order valence-corrected chi connectivity index (χ0v) is 25.1. The van der Waals surface area contributed by atoms with Gasteiger partial charge in [0.2, 0.25) is 11.8 Å². The molecule has 3 unspecified atom stereocenters. The lowest BCUT2D eigenvalue weighted by Crippen LogP contribution is -2.31. The smallest absolute Gasteiger partial charge is 0.224 e. The Balaban J connectivity index is 1.23. The molecule has 9 nitrogen and oxygen atoms in total. The number of hydrogen-bond donors (Lipinski definition) is 5. The van der Waals surface area contributed by atoms with Gasteiger partial charge in [-0.05, 0) is 41.7 Å². The van der Waals surface area contributed by atoms with Crippen LogP contribution < -0.4 is 16.4 Å². The van der Waals surface area contributed by atoms with E-state index in [1.165, 1.54) is 0 Å². The summed E-state index contributed by atoms with van der Waals surface area (Å²) in [6, 6.07) is 22.7. The van der Waals surface area contributed by atoms with Crippen LogP contribution in [0.2, 0.25) is 0 Å². The molecule has 2 amide bonds. The van der Waals surface area contributed by atoms with Crippen LogP contribution in [-0.4, -0.2) is 46.2 Å². The van der Waals surface area contributed by atoms with Gasteiger partial charge in [0.25, 0.3) is 0 Å². The number of nitrogen functional groups attached to an aromatic ring is 1. The highest BCUT2D eigenvalue weighted by atomic mass is 32.2. The standard InChI is InChI=1S/C33H41N3O6S/c34-28-5-1-2-6-29(28)36-32(40)8-4-3-7-31(39)35-20-23-9-15-26(16-10-23)33-41-27(22-43-18-17-37)19-30(42-33)25-13-11-24(21-38)12-14-25/h1-2,5-6,9-16,27,30,33,37-38H,3-4,7-8,17-22,34H2,(H,35,39)(H,36,40). The number of thioether (sulfide) groups is 1. The Labute approximate surface area is 257 Å². The number of rotatable bonds is 15. The minimum absolute atomic E-state index is 0.00502. The van der Waals surface area contributed by atoms with E-state index in [-0.39, 0.29) is 37.2 Å². The summed E-state index contributed by atoms with van der Waals surface area (Å²) in [6.07, 6.45) is 1.84. The van der Waals surface area contributed by atoms with E-state index in [9.17, 15) is 19.8 Å². The van der Waals surface area contributed by atoms with E-state index in [0.29, 0.717) is 55.8 Å². The highest BCUT2D eigenvalue weighted by Gasteiger charge is 2.32. The van der Waals surface area contributed by atoms with E-state index in [2.05, 4.69) is 10.6 Å². The predicted molar refractivity (Wildman–Crippen MR) is 169 cm³/mol. The molecule has 10 heteroatoms. The number of para-hydroxylation sites is 2. The van der Waals surface area contributed by atoms with Crippen molar-refractivity contribution in [1.82, 2.24) is 5.32 Å². The fourth-order valence-corrected chi connectivity index (χ4v) is 5.55. The molecule has 0 aliphatic carbocycles. The Morgan fingerprint density at radius 1 is 0.860 bits per heavy atom. The lowest BCUT2D eigenvalue weighted by molar-refractivity contribution is -0.245. The fraction of sp³-hybridized carbons (Fsp3) is 0.394. The largest absolute Gasteiger partial charge is 0.397 e. The van der Waals surface area contributed by atoms with E-state index in [4.69, 9.17) is 15.2 Å². The molecule has 1 fully saturated rings. The first-order valence-electron chi connectivity index (χ1n) is 14.6. The Morgan fingerprint density at radius 3 is 2.23 bits per heavy atom. The molecular formula is C33H41N3O6S. The van der Waals surface area contributed by atoms with Crippen molar-refractivity contribution in [3.05, 3.63) is 95.1 Å². The number of aliphatic hydroxyl groups is 2. The number of aliphatic hydroxyl groups excluding tert-OH is 2. The summed E-state index contributed by atoms with van der Waals surface area (Å²) < 4.78 is 12.7. The van der Waals surface area contributed by atoms with Crippen LogP contribution in [0.1, 0.15) is 66.8 Å². The third-order valence-corrected chi connectivity index (χ3v) is 8.27. The first-order valence-corrected chi connectivity index (χ1v) is 15.8. The van der Waals surface area contributed by atoms with Gasteiger partial charge < -0.3 is 36.1 Å².